The zero-order valence-electron chi connectivity index (χ0n) is 13.9. The molecule has 1 atom stereocenters. The summed E-state index contributed by atoms with van der Waals surface area (Å²) >= 11 is 0.892. The third kappa shape index (κ3) is 5.51. The first-order chi connectivity index (χ1) is 12.4. The van der Waals surface area contributed by atoms with E-state index >= 15 is 0 Å². The summed E-state index contributed by atoms with van der Waals surface area (Å²) in [4.78, 5) is 22.2. The van der Waals surface area contributed by atoms with Gasteiger partial charge in [0.2, 0.25) is 5.91 Å². The van der Waals surface area contributed by atoms with Crippen molar-refractivity contribution in [3.05, 3.63) is 29.3 Å². The lowest BCUT2D eigenvalue weighted by atomic mass is 10.2. The molecule has 0 aromatic heterocycles. The number of nitrogens with one attached hydrogen (secondary N) is 1. The Labute approximate surface area is 152 Å². The van der Waals surface area contributed by atoms with E-state index in [-0.39, 0.29) is 17.3 Å². The predicted octanol–water partition coefficient (Wildman–Crippen LogP) is 2.54. The van der Waals surface area contributed by atoms with Crippen molar-refractivity contribution in [3.8, 4) is 5.75 Å². The van der Waals surface area contributed by atoms with Gasteiger partial charge in [0.1, 0.15) is 22.6 Å². The van der Waals surface area contributed by atoms with E-state index in [1.54, 1.807) is 0 Å². The number of hydrogen-bond donors (Lipinski definition) is 2. The molecular weight excluding hydrogens is 368 g/mol. The van der Waals surface area contributed by atoms with E-state index in [0.29, 0.717) is 6.61 Å². The lowest BCUT2D eigenvalue weighted by Gasteiger charge is -2.07. The van der Waals surface area contributed by atoms with Gasteiger partial charge in [0.25, 0.3) is 0 Å². The summed E-state index contributed by atoms with van der Waals surface area (Å²) in [6.07, 6.45) is 2.20. The third-order valence-electron chi connectivity index (χ3n) is 3.29. The number of amidine groups is 1. The maximum Gasteiger partial charge on any atom is 0.305 e. The maximum absolute atomic E-state index is 14.0. The molecule has 7 nitrogen and oxygen atoms in total. The minimum absolute atomic E-state index is 0.0674. The molecule has 1 fully saturated rings. The van der Waals surface area contributed by atoms with Crippen molar-refractivity contribution in [1.82, 2.24) is 5.32 Å². The third-order valence-corrected chi connectivity index (χ3v) is 4.36. The second-order valence-electron chi connectivity index (χ2n) is 5.35. The fraction of sp³-hybridized carbons (Fsp3) is 0.375. The van der Waals surface area contributed by atoms with Crippen LogP contribution in [0.25, 0.3) is 0 Å². The number of hydrogen-bond acceptors (Lipinski definition) is 6. The average Bonchev–Trinajstić information content (AvgIpc) is 2.89. The topological polar surface area (TPSA) is 100 Å². The number of rotatable bonds is 8. The van der Waals surface area contributed by atoms with Gasteiger partial charge in [-0.2, -0.15) is 5.10 Å². The van der Waals surface area contributed by atoms with Crippen LogP contribution < -0.4 is 10.1 Å². The van der Waals surface area contributed by atoms with Crippen LogP contribution in [0.1, 0.15) is 31.7 Å². The van der Waals surface area contributed by atoms with E-state index in [2.05, 4.69) is 15.5 Å². The molecule has 2 N–H and O–H groups in total. The van der Waals surface area contributed by atoms with Crippen LogP contribution in [0.3, 0.4) is 0 Å². The number of carboxylic acid groups (broad SMARTS) is 1. The van der Waals surface area contributed by atoms with Gasteiger partial charge in [-0.05, 0) is 6.42 Å². The highest BCUT2D eigenvalue weighted by molar-refractivity contribution is 8.15. The van der Waals surface area contributed by atoms with Gasteiger partial charge in [-0.1, -0.05) is 25.1 Å². The number of unbranched alkanes of at least 4 members (excludes halogenated alkanes) is 1. The predicted molar refractivity (Wildman–Crippen MR) is 93.6 cm³/mol. The molecule has 2 rings (SSSR count). The highest BCUT2D eigenvalue weighted by atomic mass is 32.2. The van der Waals surface area contributed by atoms with Crippen molar-refractivity contribution in [3.63, 3.8) is 0 Å². The number of halogens is 2. The zero-order valence-corrected chi connectivity index (χ0v) is 14.7. The van der Waals surface area contributed by atoms with Crippen LogP contribution in [-0.4, -0.2) is 40.2 Å². The quantitative estimate of drug-likeness (QED) is 0.407. The molecule has 1 heterocycles. The second kappa shape index (κ2) is 9.27. The fourth-order valence-corrected chi connectivity index (χ4v) is 2.90. The number of carbonyl (C=O) groups excluding carboxylic acids is 1. The first kappa shape index (κ1) is 19.8. The molecule has 10 heteroatoms. The number of carbonyl (C=O) groups is 2. The summed E-state index contributed by atoms with van der Waals surface area (Å²) in [5.74, 6) is -3.24. The Bertz CT molecular complexity index is 732. The highest BCUT2D eigenvalue weighted by Gasteiger charge is 2.32. The van der Waals surface area contributed by atoms with Crippen LogP contribution in [0.4, 0.5) is 8.78 Å². The number of ether oxygens (including phenoxy) is 1. The van der Waals surface area contributed by atoms with Crippen LogP contribution in [0.5, 0.6) is 5.75 Å². The molecule has 1 aromatic carbocycles. The van der Waals surface area contributed by atoms with E-state index < -0.39 is 34.3 Å². The van der Waals surface area contributed by atoms with Crippen LogP contribution in [0.15, 0.2) is 22.3 Å². The van der Waals surface area contributed by atoms with Crippen molar-refractivity contribution in [1.29, 1.82) is 0 Å². The van der Waals surface area contributed by atoms with Gasteiger partial charge < -0.3 is 15.2 Å². The van der Waals surface area contributed by atoms with E-state index in [4.69, 9.17) is 9.84 Å². The summed E-state index contributed by atoms with van der Waals surface area (Å²) in [5, 5.41) is 17.5. The van der Waals surface area contributed by atoms with Gasteiger partial charge in [-0.3, -0.25) is 9.59 Å². The Balaban J connectivity index is 2.04. The lowest BCUT2D eigenvalue weighted by molar-refractivity contribution is -0.138. The summed E-state index contributed by atoms with van der Waals surface area (Å²) < 4.78 is 33.2. The van der Waals surface area contributed by atoms with Crippen LogP contribution in [-0.2, 0) is 9.59 Å². The number of thioether (sulfide) groups is 1. The van der Waals surface area contributed by atoms with Gasteiger partial charge in [0.15, 0.2) is 5.17 Å². The highest BCUT2D eigenvalue weighted by Crippen LogP contribution is 2.23. The van der Waals surface area contributed by atoms with Gasteiger partial charge in [0, 0.05) is 12.1 Å². The summed E-state index contributed by atoms with van der Waals surface area (Å²) in [6.45, 7) is 2.34. The largest absolute Gasteiger partial charge is 0.493 e. The number of carboxylic acids is 1. The Kier molecular flexibility index (Phi) is 7.07. The molecule has 1 aliphatic rings. The molecule has 0 spiro atoms. The van der Waals surface area contributed by atoms with Crippen LogP contribution >= 0.6 is 11.8 Å². The molecule has 0 bridgehead atoms. The molecule has 1 aromatic rings. The van der Waals surface area contributed by atoms with E-state index in [1.165, 1.54) is 0 Å². The monoisotopic (exact) mass is 385 g/mol. The summed E-state index contributed by atoms with van der Waals surface area (Å²) in [7, 11) is 0. The first-order valence-electron chi connectivity index (χ1n) is 7.83. The molecule has 1 aliphatic heterocycles. The van der Waals surface area contributed by atoms with Gasteiger partial charge in [0.05, 0.1) is 24.8 Å². The molecule has 0 aliphatic carbocycles. The van der Waals surface area contributed by atoms with Crippen LogP contribution in [0, 0.1) is 11.6 Å². The molecule has 1 saturated heterocycles. The SMILES string of the molecule is CCCCOc1cc(F)c(C=NN=C2NC(=O)C(CC(=O)O)S2)c(F)c1. The zero-order chi connectivity index (χ0) is 19.1. The fourth-order valence-electron chi connectivity index (χ4n) is 1.99. The molecule has 1 unspecified atom stereocenters. The van der Waals surface area contributed by atoms with Crippen molar-refractivity contribution in [2.24, 2.45) is 10.2 Å². The second-order valence-corrected chi connectivity index (χ2v) is 6.54. The van der Waals surface area contributed by atoms with E-state index in [1.807, 2.05) is 6.92 Å². The summed E-state index contributed by atoms with van der Waals surface area (Å²) in [5.41, 5.74) is -0.395. The molecule has 0 radical (unpaired) electrons. The number of aliphatic carboxylic acids is 1. The van der Waals surface area contributed by atoms with Crippen molar-refractivity contribution < 1.29 is 28.2 Å². The number of benzene rings is 1. The summed E-state index contributed by atoms with van der Waals surface area (Å²) in [6, 6.07) is 2.12. The Morgan fingerprint density at radius 3 is 2.73 bits per heavy atom. The Morgan fingerprint density at radius 2 is 2.12 bits per heavy atom. The first-order valence-corrected chi connectivity index (χ1v) is 8.70. The number of nitrogens with zero attached hydrogens (tertiary/aromatic N) is 2. The van der Waals surface area contributed by atoms with Crippen LogP contribution in [0.2, 0.25) is 0 Å². The minimum atomic E-state index is -1.12. The van der Waals surface area contributed by atoms with Crippen molar-refractivity contribution >= 4 is 35.0 Å². The van der Waals surface area contributed by atoms with Gasteiger partial charge in [-0.25, -0.2) is 8.78 Å². The average molecular weight is 385 g/mol. The van der Waals surface area contributed by atoms with E-state index in [9.17, 15) is 18.4 Å². The molecular formula is C16H17F2N3O4S. The Morgan fingerprint density at radius 1 is 1.42 bits per heavy atom. The number of amides is 1. The lowest BCUT2D eigenvalue weighted by Crippen LogP contribution is -2.26. The normalized spacial score (nSPS) is 18.5. The molecule has 140 valence electrons. The minimum Gasteiger partial charge on any atom is -0.493 e. The molecule has 1 amide bonds. The smallest absolute Gasteiger partial charge is 0.305 e. The molecule has 0 saturated carbocycles. The van der Waals surface area contributed by atoms with Crippen molar-refractivity contribution in [2.45, 2.75) is 31.4 Å². The van der Waals surface area contributed by atoms with Gasteiger partial charge >= 0.3 is 5.97 Å². The maximum atomic E-state index is 14.0. The Hall–Kier alpha value is -2.49. The van der Waals surface area contributed by atoms with E-state index in [0.717, 1.165) is 43.0 Å². The van der Waals surface area contributed by atoms with Crippen molar-refractivity contribution in [2.75, 3.05) is 6.61 Å². The molecule has 26 heavy (non-hydrogen) atoms. The standard InChI is InChI=1S/C16H17F2N3O4S/c1-2-3-4-25-9-5-11(17)10(12(18)6-9)8-19-21-16-20-15(24)13(26-16)7-14(22)23/h5-6,8,13H,2-4,7H2,1H3,(H,22,23)(H,20,21,24). The van der Waals surface area contributed by atoms with Gasteiger partial charge in [-0.15, -0.1) is 5.10 Å².